The van der Waals surface area contributed by atoms with E-state index >= 15 is 0 Å². The van der Waals surface area contributed by atoms with Gasteiger partial charge < -0.3 is 10.2 Å². The van der Waals surface area contributed by atoms with Crippen LogP contribution in [-0.2, 0) is 0 Å². The van der Waals surface area contributed by atoms with Gasteiger partial charge in [-0.15, -0.1) is 36.2 Å². The summed E-state index contributed by atoms with van der Waals surface area (Å²) in [7, 11) is 1.96. The maximum atomic E-state index is 12.3. The summed E-state index contributed by atoms with van der Waals surface area (Å²) in [5, 5.41) is 6.11. The standard InChI is InChI=1S/C13H21N3OS.2ClH/c1-9(2)12-15-11(8-18-12)13(17)16-5-4-10(7-16)6-14-3;;/h8-10,14H,4-7H2,1-3H3;2*1H. The largest absolute Gasteiger partial charge is 0.337 e. The molecule has 116 valence electrons. The third kappa shape index (κ3) is 4.58. The minimum absolute atomic E-state index is 0. The van der Waals surface area contributed by atoms with Crippen molar-refractivity contribution in [1.29, 1.82) is 0 Å². The Hall–Kier alpha value is -0.360. The second kappa shape index (κ2) is 8.82. The van der Waals surface area contributed by atoms with Gasteiger partial charge in [0.2, 0.25) is 0 Å². The Morgan fingerprint density at radius 1 is 1.55 bits per heavy atom. The molecule has 1 N–H and O–H groups in total. The lowest BCUT2D eigenvalue weighted by Gasteiger charge is -2.15. The smallest absolute Gasteiger partial charge is 0.273 e. The van der Waals surface area contributed by atoms with Crippen LogP contribution in [0, 0.1) is 5.92 Å². The molecule has 1 unspecified atom stereocenters. The van der Waals surface area contributed by atoms with E-state index in [4.69, 9.17) is 0 Å². The first-order valence-electron chi connectivity index (χ1n) is 6.51. The predicted octanol–water partition coefficient (Wildman–Crippen LogP) is 2.79. The number of likely N-dealkylation sites (tertiary alicyclic amines) is 1. The molecule has 0 bridgehead atoms. The van der Waals surface area contributed by atoms with E-state index in [0.29, 0.717) is 17.5 Å². The first-order chi connectivity index (χ1) is 8.61. The summed E-state index contributed by atoms with van der Waals surface area (Å²) >= 11 is 1.58. The molecule has 20 heavy (non-hydrogen) atoms. The number of nitrogens with one attached hydrogen (secondary N) is 1. The zero-order valence-corrected chi connectivity index (χ0v) is 14.5. The summed E-state index contributed by atoms with van der Waals surface area (Å²) in [5.41, 5.74) is 0.619. The van der Waals surface area contributed by atoms with Crippen LogP contribution in [0.2, 0.25) is 0 Å². The van der Waals surface area contributed by atoms with Crippen LogP contribution in [0.4, 0.5) is 0 Å². The number of halogens is 2. The number of hydrogen-bond acceptors (Lipinski definition) is 4. The summed E-state index contributed by atoms with van der Waals surface area (Å²) in [4.78, 5) is 18.7. The van der Waals surface area contributed by atoms with E-state index in [2.05, 4.69) is 24.1 Å². The fraction of sp³-hybridized carbons (Fsp3) is 0.692. The van der Waals surface area contributed by atoms with Crippen molar-refractivity contribution in [3.05, 3.63) is 16.1 Å². The van der Waals surface area contributed by atoms with Crippen LogP contribution in [-0.4, -0.2) is 42.5 Å². The second-order valence-electron chi connectivity index (χ2n) is 5.19. The van der Waals surface area contributed by atoms with Gasteiger partial charge in [0.1, 0.15) is 5.69 Å². The molecule has 0 aromatic carbocycles. The molecule has 1 atom stereocenters. The van der Waals surface area contributed by atoms with Crippen LogP contribution >= 0.6 is 36.2 Å². The third-order valence-electron chi connectivity index (χ3n) is 3.30. The second-order valence-corrected chi connectivity index (χ2v) is 6.08. The predicted molar refractivity (Wildman–Crippen MR) is 88.6 cm³/mol. The Morgan fingerprint density at radius 3 is 2.80 bits per heavy atom. The Bertz CT molecular complexity index is 426. The molecule has 1 aromatic heterocycles. The van der Waals surface area contributed by atoms with Crippen molar-refractivity contribution in [2.24, 2.45) is 5.92 Å². The summed E-state index contributed by atoms with van der Waals surface area (Å²) in [5.74, 6) is 1.08. The number of carbonyl (C=O) groups excluding carboxylic acids is 1. The average molecular weight is 340 g/mol. The van der Waals surface area contributed by atoms with Crippen molar-refractivity contribution in [3.63, 3.8) is 0 Å². The summed E-state index contributed by atoms with van der Waals surface area (Å²) in [6, 6.07) is 0. The lowest BCUT2D eigenvalue weighted by Crippen LogP contribution is -2.30. The van der Waals surface area contributed by atoms with Gasteiger partial charge >= 0.3 is 0 Å². The van der Waals surface area contributed by atoms with Gasteiger partial charge in [0, 0.05) is 24.4 Å². The maximum Gasteiger partial charge on any atom is 0.273 e. The van der Waals surface area contributed by atoms with Crippen LogP contribution in [0.3, 0.4) is 0 Å². The van der Waals surface area contributed by atoms with Crippen molar-refractivity contribution in [2.45, 2.75) is 26.2 Å². The first-order valence-corrected chi connectivity index (χ1v) is 7.39. The highest BCUT2D eigenvalue weighted by atomic mass is 35.5. The molecule has 1 aliphatic heterocycles. The van der Waals surface area contributed by atoms with E-state index in [9.17, 15) is 4.79 Å². The maximum absolute atomic E-state index is 12.3. The van der Waals surface area contributed by atoms with Crippen LogP contribution in [0.1, 0.15) is 41.7 Å². The van der Waals surface area contributed by atoms with Crippen LogP contribution in [0.25, 0.3) is 0 Å². The van der Waals surface area contributed by atoms with Crippen molar-refractivity contribution >= 4 is 42.1 Å². The van der Waals surface area contributed by atoms with Gasteiger partial charge in [-0.3, -0.25) is 4.79 Å². The number of hydrogen-bond donors (Lipinski definition) is 1. The van der Waals surface area contributed by atoms with Gasteiger partial charge in [0.05, 0.1) is 5.01 Å². The zero-order chi connectivity index (χ0) is 13.1. The molecule has 0 saturated carbocycles. The fourth-order valence-corrected chi connectivity index (χ4v) is 3.09. The summed E-state index contributed by atoms with van der Waals surface area (Å²) in [6.07, 6.45) is 1.09. The molecule has 2 rings (SSSR count). The minimum Gasteiger partial charge on any atom is -0.337 e. The molecule has 1 aliphatic rings. The van der Waals surface area contributed by atoms with E-state index in [1.807, 2.05) is 17.3 Å². The quantitative estimate of drug-likeness (QED) is 0.917. The molecule has 4 nitrogen and oxygen atoms in total. The molecule has 1 saturated heterocycles. The van der Waals surface area contributed by atoms with Crippen LogP contribution in [0.15, 0.2) is 5.38 Å². The van der Waals surface area contributed by atoms with Crippen molar-refractivity contribution in [1.82, 2.24) is 15.2 Å². The molecule has 0 radical (unpaired) electrons. The number of aromatic nitrogens is 1. The molecule has 0 spiro atoms. The SMILES string of the molecule is CNCC1CCN(C(=O)c2csc(C(C)C)n2)C1.Cl.Cl. The molecule has 1 amide bonds. The molecule has 1 fully saturated rings. The molecule has 1 aromatic rings. The highest BCUT2D eigenvalue weighted by molar-refractivity contribution is 7.09. The topological polar surface area (TPSA) is 45.2 Å². The first kappa shape index (κ1) is 19.6. The number of amides is 1. The molecule has 0 aliphatic carbocycles. The Kier molecular flexibility index (Phi) is 8.66. The van der Waals surface area contributed by atoms with Crippen LogP contribution < -0.4 is 5.32 Å². The number of carbonyl (C=O) groups is 1. The molecule has 7 heteroatoms. The average Bonchev–Trinajstić information content (AvgIpc) is 2.97. The molecular weight excluding hydrogens is 317 g/mol. The van der Waals surface area contributed by atoms with E-state index in [-0.39, 0.29) is 30.7 Å². The number of nitrogens with zero attached hydrogens (tertiary/aromatic N) is 2. The van der Waals surface area contributed by atoms with E-state index < -0.39 is 0 Å². The Balaban J connectivity index is 0.00000180. The van der Waals surface area contributed by atoms with E-state index in [0.717, 1.165) is 31.1 Å². The van der Waals surface area contributed by atoms with E-state index in [1.54, 1.807) is 11.3 Å². The highest BCUT2D eigenvalue weighted by Crippen LogP contribution is 2.22. The summed E-state index contributed by atoms with van der Waals surface area (Å²) in [6.45, 7) is 6.91. The monoisotopic (exact) mass is 339 g/mol. The zero-order valence-electron chi connectivity index (χ0n) is 12.1. The van der Waals surface area contributed by atoms with Gasteiger partial charge in [-0.1, -0.05) is 13.8 Å². The van der Waals surface area contributed by atoms with Crippen molar-refractivity contribution in [3.8, 4) is 0 Å². The number of thiazole rings is 1. The lowest BCUT2D eigenvalue weighted by molar-refractivity contribution is 0.0782. The van der Waals surface area contributed by atoms with Gasteiger partial charge in [-0.2, -0.15) is 0 Å². The minimum atomic E-state index is 0. The summed E-state index contributed by atoms with van der Waals surface area (Å²) < 4.78 is 0. The van der Waals surface area contributed by atoms with Gasteiger partial charge in [-0.05, 0) is 25.9 Å². The van der Waals surface area contributed by atoms with Crippen molar-refractivity contribution < 1.29 is 4.79 Å². The fourth-order valence-electron chi connectivity index (χ4n) is 2.29. The van der Waals surface area contributed by atoms with Gasteiger partial charge in [-0.25, -0.2) is 4.98 Å². The number of rotatable bonds is 4. The third-order valence-corrected chi connectivity index (χ3v) is 4.45. The van der Waals surface area contributed by atoms with Gasteiger partial charge in [0.25, 0.3) is 5.91 Å². The lowest BCUT2D eigenvalue weighted by atomic mass is 10.1. The normalized spacial score (nSPS) is 17.8. The van der Waals surface area contributed by atoms with Crippen LogP contribution in [0.5, 0.6) is 0 Å². The molecular formula is C13H23Cl2N3OS. The van der Waals surface area contributed by atoms with Crippen molar-refractivity contribution in [2.75, 3.05) is 26.7 Å². The van der Waals surface area contributed by atoms with E-state index in [1.165, 1.54) is 0 Å². The highest BCUT2D eigenvalue weighted by Gasteiger charge is 2.27. The Morgan fingerprint density at radius 2 is 2.25 bits per heavy atom. The Labute approximate surface area is 137 Å². The molecule has 2 heterocycles. The van der Waals surface area contributed by atoms with Gasteiger partial charge in [0.15, 0.2) is 0 Å².